The van der Waals surface area contributed by atoms with Crippen molar-refractivity contribution in [2.75, 3.05) is 13.7 Å². The van der Waals surface area contributed by atoms with Gasteiger partial charge < -0.3 is 9.64 Å². The number of hydrogen-bond acceptors (Lipinski definition) is 3. The van der Waals surface area contributed by atoms with Gasteiger partial charge in [0.15, 0.2) is 0 Å². The quantitative estimate of drug-likeness (QED) is 0.620. The van der Waals surface area contributed by atoms with Crippen molar-refractivity contribution in [1.29, 1.82) is 0 Å². The van der Waals surface area contributed by atoms with E-state index in [1.54, 1.807) is 12.1 Å². The fraction of sp³-hybridized carbons (Fsp3) is 0.375. The molecule has 0 aliphatic carbocycles. The van der Waals surface area contributed by atoms with E-state index in [4.69, 9.17) is 11.6 Å². The predicted molar refractivity (Wildman–Crippen MR) is 84.1 cm³/mol. The molecule has 1 aromatic carbocycles. The molecule has 0 aliphatic rings. The number of nitrogens with zero attached hydrogens (tertiary/aromatic N) is 1. The highest BCUT2D eigenvalue weighted by molar-refractivity contribution is 6.31. The average molecular weight is 310 g/mol. The molecule has 0 atom stereocenters. The lowest BCUT2D eigenvalue weighted by molar-refractivity contribution is -0.146. The van der Waals surface area contributed by atoms with Gasteiger partial charge in [-0.2, -0.15) is 0 Å². The SMILES string of the molecule is COC(=O)CN(C(=O)C=Cc1ccc(C)c(Cl)c1)C(C)C. The van der Waals surface area contributed by atoms with Crippen LogP contribution < -0.4 is 0 Å². The van der Waals surface area contributed by atoms with Crippen molar-refractivity contribution in [3.05, 3.63) is 40.4 Å². The van der Waals surface area contributed by atoms with Gasteiger partial charge in [0.05, 0.1) is 7.11 Å². The van der Waals surface area contributed by atoms with Gasteiger partial charge in [-0.1, -0.05) is 23.7 Å². The van der Waals surface area contributed by atoms with E-state index in [1.807, 2.05) is 32.9 Å². The predicted octanol–water partition coefficient (Wildman–Crippen LogP) is 3.07. The maximum absolute atomic E-state index is 12.2. The van der Waals surface area contributed by atoms with Gasteiger partial charge in [-0.05, 0) is 44.0 Å². The minimum absolute atomic E-state index is 0.0635. The number of benzene rings is 1. The van der Waals surface area contributed by atoms with Crippen LogP contribution in [0, 0.1) is 6.92 Å². The normalized spacial score (nSPS) is 11.0. The molecule has 0 spiro atoms. The fourth-order valence-electron chi connectivity index (χ4n) is 1.69. The lowest BCUT2D eigenvalue weighted by Gasteiger charge is -2.24. The molecule has 0 unspecified atom stereocenters. The molecule has 114 valence electrons. The Kier molecular flexibility index (Phi) is 6.43. The number of rotatable bonds is 5. The van der Waals surface area contributed by atoms with E-state index >= 15 is 0 Å². The lowest BCUT2D eigenvalue weighted by Crippen LogP contribution is -2.40. The number of aryl methyl sites for hydroxylation is 1. The Morgan fingerprint density at radius 2 is 2.05 bits per heavy atom. The summed E-state index contributed by atoms with van der Waals surface area (Å²) in [5.74, 6) is -0.684. The largest absolute Gasteiger partial charge is 0.468 e. The Bertz CT molecular complexity index is 552. The van der Waals surface area contributed by atoms with Gasteiger partial charge in [0.2, 0.25) is 5.91 Å². The first-order valence-electron chi connectivity index (χ1n) is 6.66. The summed E-state index contributed by atoms with van der Waals surface area (Å²) >= 11 is 6.04. The van der Waals surface area contributed by atoms with Gasteiger partial charge in [-0.3, -0.25) is 9.59 Å². The van der Waals surface area contributed by atoms with E-state index in [1.165, 1.54) is 18.1 Å². The van der Waals surface area contributed by atoms with Crippen LogP contribution >= 0.6 is 11.6 Å². The number of halogens is 1. The molecule has 1 rings (SSSR count). The van der Waals surface area contributed by atoms with Crippen molar-refractivity contribution in [2.24, 2.45) is 0 Å². The fourth-order valence-corrected chi connectivity index (χ4v) is 1.88. The Morgan fingerprint density at radius 1 is 1.38 bits per heavy atom. The molecule has 0 fully saturated rings. The standard InChI is InChI=1S/C16H20ClNO3/c1-11(2)18(10-16(20)21-4)15(19)8-7-13-6-5-12(3)14(17)9-13/h5-9,11H,10H2,1-4H3. The molecule has 0 bridgehead atoms. The van der Waals surface area contributed by atoms with E-state index in [2.05, 4.69) is 4.74 Å². The lowest BCUT2D eigenvalue weighted by atomic mass is 10.1. The van der Waals surface area contributed by atoms with Gasteiger partial charge in [-0.15, -0.1) is 0 Å². The van der Waals surface area contributed by atoms with Crippen molar-refractivity contribution in [2.45, 2.75) is 26.8 Å². The van der Waals surface area contributed by atoms with Crippen LogP contribution in [0.3, 0.4) is 0 Å². The number of ether oxygens (including phenoxy) is 1. The molecule has 0 heterocycles. The highest BCUT2D eigenvalue weighted by Gasteiger charge is 2.18. The number of methoxy groups -OCH3 is 1. The average Bonchev–Trinajstić information content (AvgIpc) is 2.45. The summed E-state index contributed by atoms with van der Waals surface area (Å²) in [4.78, 5) is 24.9. The van der Waals surface area contributed by atoms with Gasteiger partial charge in [0, 0.05) is 17.1 Å². The first-order valence-corrected chi connectivity index (χ1v) is 7.04. The van der Waals surface area contributed by atoms with Gasteiger partial charge in [-0.25, -0.2) is 0 Å². The molecule has 0 N–H and O–H groups in total. The first kappa shape index (κ1) is 17.2. The summed E-state index contributed by atoms with van der Waals surface area (Å²) in [6, 6.07) is 5.47. The van der Waals surface area contributed by atoms with Crippen LogP contribution in [0.15, 0.2) is 24.3 Å². The third kappa shape index (κ3) is 5.23. The zero-order chi connectivity index (χ0) is 16.0. The van der Waals surface area contributed by atoms with E-state index in [9.17, 15) is 9.59 Å². The summed E-state index contributed by atoms with van der Waals surface area (Å²) in [6.45, 7) is 5.54. The van der Waals surface area contributed by atoms with Crippen LogP contribution in [0.25, 0.3) is 6.08 Å². The van der Waals surface area contributed by atoms with Crippen LogP contribution in [0.5, 0.6) is 0 Å². The van der Waals surface area contributed by atoms with Crippen molar-refractivity contribution in [3.63, 3.8) is 0 Å². The molecule has 0 saturated carbocycles. The molecular formula is C16H20ClNO3. The summed E-state index contributed by atoms with van der Waals surface area (Å²) in [5.41, 5.74) is 1.82. The van der Waals surface area contributed by atoms with Crippen molar-refractivity contribution in [3.8, 4) is 0 Å². The van der Waals surface area contributed by atoms with Gasteiger partial charge in [0.1, 0.15) is 6.54 Å². The maximum Gasteiger partial charge on any atom is 0.325 e. The first-order chi connectivity index (χ1) is 9.85. The second kappa shape index (κ2) is 7.84. The summed E-state index contributed by atoms with van der Waals surface area (Å²) in [7, 11) is 1.30. The monoisotopic (exact) mass is 309 g/mol. The van der Waals surface area contributed by atoms with Gasteiger partial charge in [0.25, 0.3) is 0 Å². The third-order valence-corrected chi connectivity index (χ3v) is 3.45. The number of carbonyl (C=O) groups excluding carboxylic acids is 2. The summed E-state index contributed by atoms with van der Waals surface area (Å²) in [5, 5.41) is 0.653. The molecule has 1 amide bonds. The molecule has 5 heteroatoms. The van der Waals surface area contributed by atoms with E-state index in [0.29, 0.717) is 5.02 Å². The Labute approximate surface area is 130 Å². The Morgan fingerprint density at radius 3 is 2.57 bits per heavy atom. The molecular weight excluding hydrogens is 290 g/mol. The van der Waals surface area contributed by atoms with Crippen LogP contribution in [0.2, 0.25) is 5.02 Å². The molecule has 0 aromatic heterocycles. The Balaban J connectivity index is 2.82. The highest BCUT2D eigenvalue weighted by atomic mass is 35.5. The molecule has 21 heavy (non-hydrogen) atoms. The molecule has 0 radical (unpaired) electrons. The van der Waals surface area contributed by atoms with Gasteiger partial charge >= 0.3 is 5.97 Å². The van der Waals surface area contributed by atoms with E-state index in [-0.39, 0.29) is 18.5 Å². The number of amides is 1. The summed E-state index contributed by atoms with van der Waals surface area (Å²) < 4.78 is 4.60. The minimum Gasteiger partial charge on any atom is -0.468 e. The van der Waals surface area contributed by atoms with E-state index in [0.717, 1.165) is 11.1 Å². The molecule has 0 saturated heterocycles. The molecule has 0 aliphatic heterocycles. The minimum atomic E-state index is -0.441. The van der Waals surface area contributed by atoms with Crippen LogP contribution in [-0.2, 0) is 14.3 Å². The van der Waals surface area contributed by atoms with Crippen molar-refractivity contribution < 1.29 is 14.3 Å². The van der Waals surface area contributed by atoms with Crippen LogP contribution in [-0.4, -0.2) is 36.5 Å². The highest BCUT2D eigenvalue weighted by Crippen LogP contribution is 2.17. The Hall–Kier alpha value is -1.81. The van der Waals surface area contributed by atoms with E-state index < -0.39 is 5.97 Å². The summed E-state index contributed by atoms with van der Waals surface area (Å²) in [6.07, 6.45) is 3.12. The number of carbonyl (C=O) groups is 2. The smallest absolute Gasteiger partial charge is 0.325 e. The number of hydrogen-bond donors (Lipinski definition) is 0. The van der Waals surface area contributed by atoms with Crippen molar-refractivity contribution in [1.82, 2.24) is 4.90 Å². The van der Waals surface area contributed by atoms with Crippen molar-refractivity contribution >= 4 is 29.6 Å². The third-order valence-electron chi connectivity index (χ3n) is 3.05. The zero-order valence-corrected chi connectivity index (χ0v) is 13.5. The van der Waals surface area contributed by atoms with Crippen LogP contribution in [0.4, 0.5) is 0 Å². The molecule has 1 aromatic rings. The number of esters is 1. The maximum atomic E-state index is 12.2. The van der Waals surface area contributed by atoms with Crippen LogP contribution in [0.1, 0.15) is 25.0 Å². The topological polar surface area (TPSA) is 46.6 Å². The molecule has 4 nitrogen and oxygen atoms in total. The second-order valence-corrected chi connectivity index (χ2v) is 5.39. The second-order valence-electron chi connectivity index (χ2n) is 4.98. The zero-order valence-electron chi connectivity index (χ0n) is 12.7.